The molecule has 25 heavy (non-hydrogen) atoms. The Morgan fingerprint density at radius 1 is 1.28 bits per heavy atom. The molecular formula is C17H22ClF2N3O2. The van der Waals surface area contributed by atoms with Gasteiger partial charge in [0.25, 0.3) is 0 Å². The summed E-state index contributed by atoms with van der Waals surface area (Å²) in [7, 11) is 0. The summed E-state index contributed by atoms with van der Waals surface area (Å²) in [5, 5.41) is 5.91. The van der Waals surface area contributed by atoms with Crippen LogP contribution in [0.5, 0.6) is 0 Å². The molecule has 1 aromatic rings. The third kappa shape index (κ3) is 4.46. The topological polar surface area (TPSA) is 61.4 Å². The number of fused-ring (bicyclic) bond motifs is 1. The van der Waals surface area contributed by atoms with E-state index >= 15 is 0 Å². The zero-order chi connectivity index (χ0) is 17.3. The van der Waals surface area contributed by atoms with Gasteiger partial charge in [-0.3, -0.25) is 9.59 Å². The van der Waals surface area contributed by atoms with Crippen LogP contribution < -0.4 is 10.6 Å². The Labute approximate surface area is 151 Å². The number of benzene rings is 1. The minimum Gasteiger partial charge on any atom is -0.349 e. The quantitative estimate of drug-likeness (QED) is 0.843. The number of hydrogen-bond acceptors (Lipinski definition) is 3. The highest BCUT2D eigenvalue weighted by atomic mass is 35.5. The average molecular weight is 374 g/mol. The van der Waals surface area contributed by atoms with E-state index in [1.807, 2.05) is 0 Å². The molecule has 3 atom stereocenters. The third-order valence-electron chi connectivity index (χ3n) is 4.84. The van der Waals surface area contributed by atoms with Gasteiger partial charge in [-0.1, -0.05) is 6.07 Å². The van der Waals surface area contributed by atoms with E-state index in [1.54, 1.807) is 4.90 Å². The van der Waals surface area contributed by atoms with E-state index in [0.717, 1.165) is 25.2 Å². The Morgan fingerprint density at radius 2 is 1.92 bits per heavy atom. The number of amides is 2. The Morgan fingerprint density at radius 3 is 2.48 bits per heavy atom. The van der Waals surface area contributed by atoms with Gasteiger partial charge in [-0.05, 0) is 17.9 Å². The van der Waals surface area contributed by atoms with Crippen LogP contribution in [0, 0.1) is 23.5 Å². The lowest BCUT2D eigenvalue weighted by atomic mass is 10.0. The van der Waals surface area contributed by atoms with Crippen molar-refractivity contribution >= 4 is 24.2 Å². The SMILES string of the molecule is CC(=O)NC(CC(=O)N1C[C@H]2CNC[C@H]2C1)c1ccc(F)cc1F.Cl. The van der Waals surface area contributed by atoms with Crippen LogP contribution in [0.4, 0.5) is 8.78 Å². The third-order valence-corrected chi connectivity index (χ3v) is 4.84. The van der Waals surface area contributed by atoms with Crippen molar-refractivity contribution in [3.05, 3.63) is 35.4 Å². The highest BCUT2D eigenvalue weighted by Crippen LogP contribution is 2.28. The zero-order valence-electron chi connectivity index (χ0n) is 13.9. The molecule has 2 saturated heterocycles. The highest BCUT2D eigenvalue weighted by molar-refractivity contribution is 5.85. The van der Waals surface area contributed by atoms with Crippen molar-refractivity contribution in [3.63, 3.8) is 0 Å². The predicted molar refractivity (Wildman–Crippen MR) is 91.2 cm³/mol. The molecule has 2 heterocycles. The van der Waals surface area contributed by atoms with Crippen molar-refractivity contribution in [2.24, 2.45) is 11.8 Å². The van der Waals surface area contributed by atoms with E-state index in [9.17, 15) is 18.4 Å². The van der Waals surface area contributed by atoms with Gasteiger partial charge in [0.2, 0.25) is 11.8 Å². The Hall–Kier alpha value is -1.73. The van der Waals surface area contributed by atoms with Crippen LogP contribution in [0.15, 0.2) is 18.2 Å². The fourth-order valence-corrected chi connectivity index (χ4v) is 3.63. The van der Waals surface area contributed by atoms with Gasteiger partial charge >= 0.3 is 0 Å². The molecule has 5 nitrogen and oxygen atoms in total. The van der Waals surface area contributed by atoms with Gasteiger partial charge in [-0.15, -0.1) is 12.4 Å². The molecule has 0 aliphatic carbocycles. The number of halogens is 3. The second-order valence-corrected chi connectivity index (χ2v) is 6.60. The summed E-state index contributed by atoms with van der Waals surface area (Å²) < 4.78 is 27.1. The summed E-state index contributed by atoms with van der Waals surface area (Å²) in [6.07, 6.45) is -0.0327. The summed E-state index contributed by atoms with van der Waals surface area (Å²) in [4.78, 5) is 25.8. The number of carbonyl (C=O) groups is 2. The lowest BCUT2D eigenvalue weighted by Gasteiger charge is -2.23. The van der Waals surface area contributed by atoms with Gasteiger partial charge in [-0.25, -0.2) is 8.78 Å². The number of rotatable bonds is 4. The maximum atomic E-state index is 14.0. The Balaban J connectivity index is 0.00000225. The second kappa shape index (κ2) is 8.10. The van der Waals surface area contributed by atoms with E-state index in [4.69, 9.17) is 0 Å². The van der Waals surface area contributed by atoms with Gasteiger partial charge < -0.3 is 15.5 Å². The molecule has 0 aromatic heterocycles. The van der Waals surface area contributed by atoms with Gasteiger partial charge in [0.05, 0.1) is 12.5 Å². The van der Waals surface area contributed by atoms with Crippen LogP contribution in [0.2, 0.25) is 0 Å². The lowest BCUT2D eigenvalue weighted by molar-refractivity contribution is -0.131. The molecule has 3 rings (SSSR count). The normalized spacial score (nSPS) is 22.9. The molecule has 2 amide bonds. The van der Waals surface area contributed by atoms with Gasteiger partial charge in [0, 0.05) is 44.7 Å². The van der Waals surface area contributed by atoms with Crippen LogP contribution >= 0.6 is 12.4 Å². The summed E-state index contributed by atoms with van der Waals surface area (Å²) in [5.41, 5.74) is 0.126. The molecule has 1 unspecified atom stereocenters. The summed E-state index contributed by atoms with van der Waals surface area (Å²) in [6.45, 7) is 4.52. The first-order chi connectivity index (χ1) is 11.4. The van der Waals surface area contributed by atoms with E-state index in [0.29, 0.717) is 24.9 Å². The first-order valence-corrected chi connectivity index (χ1v) is 8.14. The number of nitrogens with zero attached hydrogens (tertiary/aromatic N) is 1. The standard InChI is InChI=1S/C17H21F2N3O2.ClH/c1-10(23)21-16(14-3-2-13(18)4-15(14)19)5-17(24)22-8-11-6-20-7-12(11)9-22;/h2-4,11-12,16,20H,5-9H2,1H3,(H,21,23);1H/t11-,12+,16?;. The molecular weight excluding hydrogens is 352 g/mol. The smallest absolute Gasteiger partial charge is 0.225 e. The zero-order valence-corrected chi connectivity index (χ0v) is 14.7. The fourth-order valence-electron chi connectivity index (χ4n) is 3.63. The maximum Gasteiger partial charge on any atom is 0.225 e. The summed E-state index contributed by atoms with van der Waals surface area (Å²) >= 11 is 0. The first-order valence-electron chi connectivity index (χ1n) is 8.14. The summed E-state index contributed by atoms with van der Waals surface area (Å²) in [6, 6.07) is 2.37. The van der Waals surface area contributed by atoms with E-state index in [1.165, 1.54) is 13.0 Å². The van der Waals surface area contributed by atoms with Crippen molar-refractivity contribution in [2.45, 2.75) is 19.4 Å². The van der Waals surface area contributed by atoms with Crippen LogP contribution in [0.3, 0.4) is 0 Å². The van der Waals surface area contributed by atoms with Crippen LogP contribution in [0.1, 0.15) is 24.9 Å². The fraction of sp³-hybridized carbons (Fsp3) is 0.529. The molecule has 138 valence electrons. The molecule has 0 spiro atoms. The van der Waals surface area contributed by atoms with Crippen molar-refractivity contribution in [1.82, 2.24) is 15.5 Å². The molecule has 2 aliphatic rings. The Bertz CT molecular complexity index is 647. The lowest BCUT2D eigenvalue weighted by Crippen LogP contribution is -2.36. The van der Waals surface area contributed by atoms with Crippen LogP contribution in [-0.2, 0) is 9.59 Å². The highest BCUT2D eigenvalue weighted by Gasteiger charge is 2.38. The molecule has 8 heteroatoms. The number of likely N-dealkylation sites (tertiary alicyclic amines) is 1. The van der Waals surface area contributed by atoms with E-state index < -0.39 is 17.7 Å². The molecule has 2 aliphatic heterocycles. The first kappa shape index (κ1) is 19.6. The minimum atomic E-state index is -0.797. The largest absolute Gasteiger partial charge is 0.349 e. The average Bonchev–Trinajstić information content (AvgIpc) is 3.07. The second-order valence-electron chi connectivity index (χ2n) is 6.60. The Kier molecular flexibility index (Phi) is 6.35. The molecule has 0 radical (unpaired) electrons. The van der Waals surface area contributed by atoms with Gasteiger partial charge in [-0.2, -0.15) is 0 Å². The van der Waals surface area contributed by atoms with E-state index in [-0.39, 0.29) is 36.2 Å². The van der Waals surface area contributed by atoms with E-state index in [2.05, 4.69) is 10.6 Å². The molecule has 0 bridgehead atoms. The number of carbonyl (C=O) groups excluding carboxylic acids is 2. The number of nitrogens with one attached hydrogen (secondary N) is 2. The van der Waals surface area contributed by atoms with Gasteiger partial charge in [0.15, 0.2) is 0 Å². The van der Waals surface area contributed by atoms with Crippen LogP contribution in [0.25, 0.3) is 0 Å². The number of hydrogen-bond donors (Lipinski definition) is 2. The molecule has 0 saturated carbocycles. The van der Waals surface area contributed by atoms with Crippen molar-refractivity contribution < 1.29 is 18.4 Å². The van der Waals surface area contributed by atoms with Crippen molar-refractivity contribution in [3.8, 4) is 0 Å². The maximum absolute atomic E-state index is 14.0. The minimum absolute atomic E-state index is 0. The van der Waals surface area contributed by atoms with Crippen molar-refractivity contribution in [1.29, 1.82) is 0 Å². The molecule has 2 N–H and O–H groups in total. The van der Waals surface area contributed by atoms with Gasteiger partial charge in [0.1, 0.15) is 11.6 Å². The monoisotopic (exact) mass is 373 g/mol. The van der Waals surface area contributed by atoms with Crippen molar-refractivity contribution in [2.75, 3.05) is 26.2 Å². The predicted octanol–water partition coefficient (Wildman–Crippen LogP) is 1.63. The summed E-state index contributed by atoms with van der Waals surface area (Å²) in [5.74, 6) is -0.995. The molecule has 2 fully saturated rings. The van der Waals surface area contributed by atoms with Crippen LogP contribution in [-0.4, -0.2) is 42.9 Å². The molecule has 1 aromatic carbocycles.